The summed E-state index contributed by atoms with van der Waals surface area (Å²) < 4.78 is 15.9. The van der Waals surface area contributed by atoms with Gasteiger partial charge in [0.05, 0.1) is 43.8 Å². The molecule has 7 nitrogen and oxygen atoms in total. The maximum absolute atomic E-state index is 12.2. The fourth-order valence-electron chi connectivity index (χ4n) is 3.13. The van der Waals surface area contributed by atoms with Crippen molar-refractivity contribution >= 4 is 34.8 Å². The van der Waals surface area contributed by atoms with Gasteiger partial charge in [-0.15, -0.1) is 0 Å². The minimum absolute atomic E-state index is 0.205. The second-order valence-corrected chi connectivity index (χ2v) is 7.78. The zero-order valence-electron chi connectivity index (χ0n) is 18.2. The van der Waals surface area contributed by atoms with Gasteiger partial charge in [-0.2, -0.15) is 5.10 Å². The van der Waals surface area contributed by atoms with Crippen molar-refractivity contribution in [2.45, 2.75) is 18.9 Å². The molecular formula is C23H25N3O4S. The number of thioether (sulfide) groups is 1. The van der Waals surface area contributed by atoms with Crippen LogP contribution in [0, 0.1) is 13.8 Å². The fourth-order valence-corrected chi connectivity index (χ4v) is 3.89. The Morgan fingerprint density at radius 3 is 2.42 bits per heavy atom. The standard InChI is InChI=1S/C23H25N3O4S/c1-14-7-6-8-17-15(2)9-21(25-22(14)17)31-13-20(27)26-24-12-16-10-18(28-3)23(30-5)19(11-16)29-4/h6-12H,13H2,1-5H3,(H,26,27)/b24-12+. The third kappa shape index (κ3) is 5.27. The number of rotatable bonds is 8. The van der Waals surface area contributed by atoms with Gasteiger partial charge in [-0.05, 0) is 43.2 Å². The van der Waals surface area contributed by atoms with Crippen LogP contribution in [0.2, 0.25) is 0 Å². The van der Waals surface area contributed by atoms with E-state index in [0.29, 0.717) is 22.8 Å². The maximum Gasteiger partial charge on any atom is 0.250 e. The quantitative estimate of drug-likeness (QED) is 0.323. The zero-order chi connectivity index (χ0) is 22.4. The van der Waals surface area contributed by atoms with Crippen LogP contribution in [-0.4, -0.2) is 44.2 Å². The highest BCUT2D eigenvalue weighted by Gasteiger charge is 2.12. The molecule has 0 aliphatic carbocycles. The number of nitrogens with zero attached hydrogens (tertiary/aromatic N) is 2. The molecule has 0 aliphatic heterocycles. The Morgan fingerprint density at radius 1 is 1.06 bits per heavy atom. The summed E-state index contributed by atoms with van der Waals surface area (Å²) in [6, 6.07) is 11.6. The van der Waals surface area contributed by atoms with E-state index in [0.717, 1.165) is 27.1 Å². The molecule has 0 spiro atoms. The van der Waals surface area contributed by atoms with E-state index in [-0.39, 0.29) is 11.7 Å². The highest BCUT2D eigenvalue weighted by molar-refractivity contribution is 7.99. The van der Waals surface area contributed by atoms with Crippen molar-refractivity contribution in [1.82, 2.24) is 10.4 Å². The summed E-state index contributed by atoms with van der Waals surface area (Å²) in [5.41, 5.74) is 6.45. The Bertz CT molecular complexity index is 1110. The summed E-state index contributed by atoms with van der Waals surface area (Å²) in [4.78, 5) is 16.9. The normalized spacial score (nSPS) is 11.0. The first-order valence-electron chi connectivity index (χ1n) is 9.58. The van der Waals surface area contributed by atoms with Crippen LogP contribution in [-0.2, 0) is 4.79 Å². The molecule has 0 unspecified atom stereocenters. The van der Waals surface area contributed by atoms with E-state index in [4.69, 9.17) is 19.2 Å². The van der Waals surface area contributed by atoms with Crippen LogP contribution in [0.4, 0.5) is 0 Å². The van der Waals surface area contributed by atoms with Gasteiger partial charge in [-0.25, -0.2) is 10.4 Å². The van der Waals surface area contributed by atoms with Crippen LogP contribution in [0.25, 0.3) is 10.9 Å². The number of hydrazone groups is 1. The highest BCUT2D eigenvalue weighted by atomic mass is 32.2. The van der Waals surface area contributed by atoms with Crippen molar-refractivity contribution in [3.05, 3.63) is 53.1 Å². The SMILES string of the molecule is COc1cc(/C=N/NC(=O)CSc2cc(C)c3cccc(C)c3n2)cc(OC)c1OC. The summed E-state index contributed by atoms with van der Waals surface area (Å²) >= 11 is 1.38. The molecule has 3 rings (SSSR count). The lowest BCUT2D eigenvalue weighted by Gasteiger charge is -2.12. The summed E-state index contributed by atoms with van der Waals surface area (Å²) in [6.45, 7) is 4.09. The minimum atomic E-state index is -0.224. The maximum atomic E-state index is 12.2. The number of aromatic nitrogens is 1. The van der Waals surface area contributed by atoms with E-state index in [2.05, 4.69) is 23.5 Å². The Hall–Kier alpha value is -3.26. The van der Waals surface area contributed by atoms with E-state index in [1.165, 1.54) is 18.0 Å². The fraction of sp³-hybridized carbons (Fsp3) is 0.261. The molecule has 0 saturated carbocycles. The number of pyridine rings is 1. The number of hydrogen-bond donors (Lipinski definition) is 1. The van der Waals surface area contributed by atoms with Crippen molar-refractivity contribution in [2.75, 3.05) is 27.1 Å². The van der Waals surface area contributed by atoms with Gasteiger partial charge in [0.15, 0.2) is 11.5 Å². The van der Waals surface area contributed by atoms with E-state index in [1.807, 2.05) is 25.1 Å². The molecule has 0 atom stereocenters. The number of benzene rings is 2. The monoisotopic (exact) mass is 439 g/mol. The van der Waals surface area contributed by atoms with E-state index < -0.39 is 0 Å². The number of fused-ring (bicyclic) bond motifs is 1. The van der Waals surface area contributed by atoms with Crippen molar-refractivity contribution in [3.63, 3.8) is 0 Å². The summed E-state index contributed by atoms with van der Waals surface area (Å²) in [5.74, 6) is 1.50. The Morgan fingerprint density at radius 2 is 1.77 bits per heavy atom. The van der Waals surface area contributed by atoms with E-state index in [9.17, 15) is 4.79 Å². The predicted octanol–water partition coefficient (Wildman–Crippen LogP) is 4.12. The number of amides is 1. The number of ether oxygens (including phenoxy) is 3. The largest absolute Gasteiger partial charge is 0.493 e. The van der Waals surface area contributed by atoms with Crippen LogP contribution in [0.1, 0.15) is 16.7 Å². The molecule has 1 aromatic heterocycles. The summed E-state index contributed by atoms with van der Waals surface area (Å²) in [5, 5.41) is 5.97. The van der Waals surface area contributed by atoms with Gasteiger partial charge in [0, 0.05) is 10.9 Å². The second kappa shape index (κ2) is 10.2. The molecule has 8 heteroatoms. The van der Waals surface area contributed by atoms with Crippen molar-refractivity contribution < 1.29 is 19.0 Å². The van der Waals surface area contributed by atoms with Crippen LogP contribution in [0.3, 0.4) is 0 Å². The lowest BCUT2D eigenvalue weighted by Crippen LogP contribution is -2.19. The van der Waals surface area contributed by atoms with E-state index >= 15 is 0 Å². The molecule has 31 heavy (non-hydrogen) atoms. The van der Waals surface area contributed by atoms with Gasteiger partial charge < -0.3 is 14.2 Å². The number of carbonyl (C=O) groups is 1. The first kappa shape index (κ1) is 22.4. The van der Waals surface area contributed by atoms with Gasteiger partial charge in [-0.1, -0.05) is 30.0 Å². The molecule has 0 aliphatic rings. The van der Waals surface area contributed by atoms with Crippen molar-refractivity contribution in [1.29, 1.82) is 0 Å². The van der Waals surface area contributed by atoms with Crippen LogP contribution in [0.5, 0.6) is 17.2 Å². The van der Waals surface area contributed by atoms with Gasteiger partial charge >= 0.3 is 0 Å². The molecular weight excluding hydrogens is 414 g/mol. The average Bonchev–Trinajstić information content (AvgIpc) is 2.77. The number of aryl methyl sites for hydroxylation is 2. The molecule has 0 radical (unpaired) electrons. The number of nitrogens with one attached hydrogen (secondary N) is 1. The molecule has 0 saturated heterocycles. The average molecular weight is 440 g/mol. The van der Waals surface area contributed by atoms with Gasteiger partial charge in [0.1, 0.15) is 0 Å². The lowest BCUT2D eigenvalue weighted by molar-refractivity contribution is -0.118. The number of hydrogen-bond acceptors (Lipinski definition) is 7. The first-order valence-corrected chi connectivity index (χ1v) is 10.6. The van der Waals surface area contributed by atoms with Gasteiger partial charge in [0.2, 0.25) is 11.7 Å². The van der Waals surface area contributed by atoms with Gasteiger partial charge in [-0.3, -0.25) is 4.79 Å². The molecule has 1 N–H and O–H groups in total. The van der Waals surface area contributed by atoms with Crippen molar-refractivity contribution in [2.24, 2.45) is 5.10 Å². The number of methoxy groups -OCH3 is 3. The summed E-state index contributed by atoms with van der Waals surface area (Å²) in [7, 11) is 4.63. The predicted molar refractivity (Wildman–Crippen MR) is 124 cm³/mol. The van der Waals surface area contributed by atoms with Crippen LogP contribution in [0.15, 0.2) is 46.5 Å². The smallest absolute Gasteiger partial charge is 0.250 e. The third-order valence-electron chi connectivity index (χ3n) is 4.67. The minimum Gasteiger partial charge on any atom is -0.493 e. The summed E-state index contributed by atoms with van der Waals surface area (Å²) in [6.07, 6.45) is 1.52. The van der Waals surface area contributed by atoms with Crippen LogP contribution < -0.4 is 19.6 Å². The number of carbonyl (C=O) groups excluding carboxylic acids is 1. The lowest BCUT2D eigenvalue weighted by atomic mass is 10.1. The van der Waals surface area contributed by atoms with Crippen molar-refractivity contribution in [3.8, 4) is 17.2 Å². The number of para-hydroxylation sites is 1. The molecule has 2 aromatic carbocycles. The molecule has 1 amide bonds. The molecule has 1 heterocycles. The highest BCUT2D eigenvalue weighted by Crippen LogP contribution is 2.37. The Balaban J connectivity index is 1.64. The first-order chi connectivity index (χ1) is 15.0. The van der Waals surface area contributed by atoms with Gasteiger partial charge in [0.25, 0.3) is 0 Å². The second-order valence-electron chi connectivity index (χ2n) is 6.79. The molecule has 0 fully saturated rings. The molecule has 0 bridgehead atoms. The van der Waals surface area contributed by atoms with E-state index in [1.54, 1.807) is 33.5 Å². The zero-order valence-corrected chi connectivity index (χ0v) is 19.0. The Kier molecular flexibility index (Phi) is 7.36. The van der Waals surface area contributed by atoms with Crippen LogP contribution >= 0.6 is 11.8 Å². The molecule has 162 valence electrons. The Labute approximate surface area is 185 Å². The third-order valence-corrected chi connectivity index (χ3v) is 5.58. The topological polar surface area (TPSA) is 82.0 Å². The molecule has 3 aromatic rings.